The highest BCUT2D eigenvalue weighted by Crippen LogP contribution is 2.26. The third kappa shape index (κ3) is 5.12. The van der Waals surface area contributed by atoms with Gasteiger partial charge in [-0.05, 0) is 69.0 Å². The van der Waals surface area contributed by atoms with Crippen molar-refractivity contribution in [3.63, 3.8) is 0 Å². The summed E-state index contributed by atoms with van der Waals surface area (Å²) in [6, 6.07) is 14.0. The lowest BCUT2D eigenvalue weighted by Gasteiger charge is -2.34. The van der Waals surface area contributed by atoms with Crippen LogP contribution in [-0.2, 0) is 0 Å². The normalized spacial score (nSPS) is 16.9. The van der Waals surface area contributed by atoms with Crippen molar-refractivity contribution in [1.29, 1.82) is 0 Å². The second kappa shape index (κ2) is 10.1. The topological polar surface area (TPSA) is 82.8 Å². The largest absolute Gasteiger partial charge is 0.372 e. The lowest BCUT2D eigenvalue weighted by molar-refractivity contribution is 0.0508. The van der Waals surface area contributed by atoms with E-state index in [-0.39, 0.29) is 17.7 Å². The van der Waals surface area contributed by atoms with Crippen molar-refractivity contribution in [2.75, 3.05) is 44.2 Å². The molecule has 2 aliphatic heterocycles. The SMILES string of the molecule is Cc1cc(C)cc(C(=O)N2CCN(C(=O)c3nc(-c4ccc(N5CCC(C)CC5)cc4)no3)CC2)c1. The number of nitrogens with zero attached hydrogens (tertiary/aromatic N) is 5. The summed E-state index contributed by atoms with van der Waals surface area (Å²) in [4.78, 5) is 36.1. The number of hydrogen-bond donors (Lipinski definition) is 0. The first-order valence-corrected chi connectivity index (χ1v) is 12.7. The summed E-state index contributed by atoms with van der Waals surface area (Å²) in [6.07, 6.45) is 2.43. The van der Waals surface area contributed by atoms with Crippen LogP contribution in [0, 0.1) is 19.8 Å². The lowest BCUT2D eigenvalue weighted by Crippen LogP contribution is -2.50. The third-order valence-electron chi connectivity index (χ3n) is 7.21. The number of aromatic nitrogens is 2. The van der Waals surface area contributed by atoms with E-state index >= 15 is 0 Å². The number of anilines is 1. The van der Waals surface area contributed by atoms with Crippen LogP contribution in [0.5, 0.6) is 0 Å². The third-order valence-corrected chi connectivity index (χ3v) is 7.21. The second-order valence-corrected chi connectivity index (χ2v) is 10.1. The number of carbonyl (C=O) groups is 2. The Hall–Kier alpha value is -3.68. The molecular weight excluding hydrogens is 454 g/mol. The molecule has 2 amide bonds. The Balaban J connectivity index is 1.19. The molecule has 0 bridgehead atoms. The van der Waals surface area contributed by atoms with Gasteiger partial charge in [-0.2, -0.15) is 4.98 Å². The fourth-order valence-electron chi connectivity index (χ4n) is 5.04. The molecule has 2 aliphatic rings. The summed E-state index contributed by atoms with van der Waals surface area (Å²) in [7, 11) is 0. The summed E-state index contributed by atoms with van der Waals surface area (Å²) in [5.41, 5.74) is 4.83. The summed E-state index contributed by atoms with van der Waals surface area (Å²) in [5, 5.41) is 4.04. The van der Waals surface area contributed by atoms with E-state index in [0.717, 1.165) is 35.7 Å². The smallest absolute Gasteiger partial charge is 0.316 e. The minimum atomic E-state index is -0.300. The van der Waals surface area contributed by atoms with Gasteiger partial charge in [0.25, 0.3) is 5.91 Å². The molecule has 0 saturated carbocycles. The van der Waals surface area contributed by atoms with E-state index in [1.54, 1.807) is 9.80 Å². The van der Waals surface area contributed by atoms with Crippen LogP contribution >= 0.6 is 0 Å². The molecule has 1 aromatic heterocycles. The molecule has 3 aromatic rings. The van der Waals surface area contributed by atoms with E-state index in [1.807, 2.05) is 38.1 Å². The number of benzene rings is 2. The number of carbonyl (C=O) groups excluding carboxylic acids is 2. The predicted octanol–water partition coefficient (Wildman–Crippen LogP) is 4.19. The van der Waals surface area contributed by atoms with Crippen LogP contribution in [0.1, 0.15) is 51.9 Å². The molecule has 2 fully saturated rings. The molecule has 0 atom stereocenters. The number of piperidine rings is 1. The van der Waals surface area contributed by atoms with Gasteiger partial charge in [-0.3, -0.25) is 9.59 Å². The average molecular weight is 488 g/mol. The van der Waals surface area contributed by atoms with Gasteiger partial charge in [-0.15, -0.1) is 0 Å². The van der Waals surface area contributed by atoms with Crippen molar-refractivity contribution in [2.24, 2.45) is 5.92 Å². The van der Waals surface area contributed by atoms with Gasteiger partial charge in [0.15, 0.2) is 0 Å². The Morgan fingerprint density at radius 2 is 1.42 bits per heavy atom. The van der Waals surface area contributed by atoms with E-state index in [9.17, 15) is 9.59 Å². The molecule has 2 saturated heterocycles. The zero-order chi connectivity index (χ0) is 25.2. The standard InChI is InChI=1S/C28H33N5O3/c1-19-8-10-31(11-9-19)24-6-4-22(5-7-24)25-29-26(36-30-25)28(35)33-14-12-32(13-15-33)27(34)23-17-20(2)16-21(3)18-23/h4-7,16-19H,8-15H2,1-3H3. The monoisotopic (exact) mass is 487 g/mol. The molecule has 0 N–H and O–H groups in total. The maximum absolute atomic E-state index is 13.0. The van der Waals surface area contributed by atoms with Crippen molar-refractivity contribution in [3.8, 4) is 11.4 Å². The van der Waals surface area contributed by atoms with Gasteiger partial charge in [-0.1, -0.05) is 29.3 Å². The first-order chi connectivity index (χ1) is 17.4. The lowest BCUT2D eigenvalue weighted by atomic mass is 9.98. The van der Waals surface area contributed by atoms with Crippen LogP contribution in [0.2, 0.25) is 0 Å². The van der Waals surface area contributed by atoms with Gasteiger partial charge < -0.3 is 19.2 Å². The number of amides is 2. The Morgan fingerprint density at radius 3 is 2.03 bits per heavy atom. The Labute approximate surface area is 211 Å². The van der Waals surface area contributed by atoms with Gasteiger partial charge in [0, 0.05) is 56.1 Å². The molecule has 188 valence electrons. The first-order valence-electron chi connectivity index (χ1n) is 12.7. The number of rotatable bonds is 4. The van der Waals surface area contributed by atoms with Crippen LogP contribution < -0.4 is 4.90 Å². The van der Waals surface area contributed by atoms with E-state index in [4.69, 9.17) is 4.52 Å². The second-order valence-electron chi connectivity index (χ2n) is 10.1. The predicted molar refractivity (Wildman–Crippen MR) is 138 cm³/mol. The van der Waals surface area contributed by atoms with Crippen molar-refractivity contribution in [3.05, 3.63) is 65.0 Å². The zero-order valence-electron chi connectivity index (χ0n) is 21.2. The van der Waals surface area contributed by atoms with Crippen LogP contribution in [0.3, 0.4) is 0 Å². The number of piperazine rings is 1. The molecule has 8 nitrogen and oxygen atoms in total. The van der Waals surface area contributed by atoms with E-state index in [0.29, 0.717) is 37.6 Å². The van der Waals surface area contributed by atoms with E-state index < -0.39 is 0 Å². The molecular formula is C28H33N5O3. The minimum Gasteiger partial charge on any atom is -0.372 e. The van der Waals surface area contributed by atoms with E-state index in [2.05, 4.69) is 40.2 Å². The van der Waals surface area contributed by atoms with Gasteiger partial charge in [0.1, 0.15) is 0 Å². The molecule has 5 rings (SSSR count). The van der Waals surface area contributed by atoms with Crippen molar-refractivity contribution in [2.45, 2.75) is 33.6 Å². The summed E-state index contributed by atoms with van der Waals surface area (Å²) < 4.78 is 5.32. The molecule has 0 spiro atoms. The molecule has 2 aromatic carbocycles. The van der Waals surface area contributed by atoms with Crippen LogP contribution in [0.4, 0.5) is 5.69 Å². The van der Waals surface area contributed by atoms with Crippen molar-refractivity contribution < 1.29 is 14.1 Å². The number of aryl methyl sites for hydroxylation is 2. The quantitative estimate of drug-likeness (QED) is 0.549. The van der Waals surface area contributed by atoms with Crippen molar-refractivity contribution in [1.82, 2.24) is 19.9 Å². The molecule has 3 heterocycles. The fraction of sp³-hybridized carbons (Fsp3) is 0.429. The number of hydrogen-bond acceptors (Lipinski definition) is 6. The Morgan fingerprint density at radius 1 is 0.833 bits per heavy atom. The summed E-state index contributed by atoms with van der Waals surface area (Å²) in [6.45, 7) is 10.2. The highest BCUT2D eigenvalue weighted by atomic mass is 16.5. The Kier molecular flexibility index (Phi) is 6.76. The van der Waals surface area contributed by atoms with Crippen LogP contribution in [-0.4, -0.2) is 71.0 Å². The van der Waals surface area contributed by atoms with Crippen molar-refractivity contribution >= 4 is 17.5 Å². The average Bonchev–Trinajstić information content (AvgIpc) is 3.38. The molecule has 0 unspecified atom stereocenters. The Bertz CT molecular complexity index is 1220. The van der Waals surface area contributed by atoms with Gasteiger partial charge >= 0.3 is 11.8 Å². The van der Waals surface area contributed by atoms with Crippen LogP contribution in [0.25, 0.3) is 11.4 Å². The van der Waals surface area contributed by atoms with E-state index in [1.165, 1.54) is 18.5 Å². The first kappa shape index (κ1) is 24.0. The summed E-state index contributed by atoms with van der Waals surface area (Å²) >= 11 is 0. The zero-order valence-corrected chi connectivity index (χ0v) is 21.2. The summed E-state index contributed by atoms with van der Waals surface area (Å²) in [5.74, 6) is 0.869. The maximum atomic E-state index is 13.0. The maximum Gasteiger partial charge on any atom is 0.316 e. The van der Waals surface area contributed by atoms with Gasteiger partial charge in [0.05, 0.1) is 0 Å². The molecule has 36 heavy (non-hydrogen) atoms. The fourth-order valence-corrected chi connectivity index (χ4v) is 5.04. The highest BCUT2D eigenvalue weighted by molar-refractivity contribution is 5.95. The van der Waals surface area contributed by atoms with Crippen LogP contribution in [0.15, 0.2) is 47.0 Å². The van der Waals surface area contributed by atoms with Gasteiger partial charge in [0.2, 0.25) is 5.82 Å². The molecule has 0 radical (unpaired) electrons. The van der Waals surface area contributed by atoms with Gasteiger partial charge in [-0.25, -0.2) is 0 Å². The molecule has 8 heteroatoms. The highest BCUT2D eigenvalue weighted by Gasteiger charge is 2.29. The minimum absolute atomic E-state index is 0.00325. The molecule has 0 aliphatic carbocycles.